The molecule has 2 N–H and O–H groups in total. The van der Waals surface area contributed by atoms with Gasteiger partial charge in [-0.2, -0.15) is 0 Å². The number of hydrogen-bond donors (Lipinski definition) is 2. The molecule has 4 heteroatoms. The molecule has 0 aliphatic rings. The second kappa shape index (κ2) is 5.97. The molecular formula is C16H17ClN2O. The van der Waals surface area contributed by atoms with E-state index in [2.05, 4.69) is 16.7 Å². The van der Waals surface area contributed by atoms with Crippen molar-refractivity contribution in [3.63, 3.8) is 0 Å². The number of hydrogen-bond acceptors (Lipinski definition) is 2. The lowest BCUT2D eigenvalue weighted by Gasteiger charge is -2.11. The number of nitrogens with one attached hydrogen (secondary N) is 2. The Balaban J connectivity index is 2.30. The molecule has 0 heterocycles. The molecule has 0 fully saturated rings. The lowest BCUT2D eigenvalue weighted by atomic mass is 10.1. The van der Waals surface area contributed by atoms with Gasteiger partial charge in [-0.25, -0.2) is 0 Å². The van der Waals surface area contributed by atoms with Crippen LogP contribution >= 0.6 is 11.6 Å². The summed E-state index contributed by atoms with van der Waals surface area (Å²) in [7, 11) is 1.77. The van der Waals surface area contributed by atoms with Gasteiger partial charge in [0.1, 0.15) is 0 Å². The fourth-order valence-corrected chi connectivity index (χ4v) is 2.34. The smallest absolute Gasteiger partial charge is 0.257 e. The van der Waals surface area contributed by atoms with Crippen LogP contribution in [0.1, 0.15) is 21.5 Å². The Morgan fingerprint density at radius 2 is 1.70 bits per heavy atom. The number of carbonyl (C=O) groups is 1. The summed E-state index contributed by atoms with van der Waals surface area (Å²) in [5, 5.41) is 6.43. The van der Waals surface area contributed by atoms with E-state index in [1.54, 1.807) is 25.2 Å². The van der Waals surface area contributed by atoms with Crippen molar-refractivity contribution in [3.8, 4) is 0 Å². The van der Waals surface area contributed by atoms with Crippen molar-refractivity contribution in [3.05, 3.63) is 58.1 Å². The van der Waals surface area contributed by atoms with E-state index in [-0.39, 0.29) is 5.91 Å². The van der Waals surface area contributed by atoms with Crippen LogP contribution in [0, 0.1) is 13.8 Å². The van der Waals surface area contributed by atoms with E-state index in [1.807, 2.05) is 26.0 Å². The van der Waals surface area contributed by atoms with Crippen molar-refractivity contribution in [2.75, 3.05) is 17.7 Å². The summed E-state index contributed by atoms with van der Waals surface area (Å²) in [5.74, 6) is -0.179. The van der Waals surface area contributed by atoms with Crippen LogP contribution in [0.3, 0.4) is 0 Å². The third-order valence-electron chi connectivity index (χ3n) is 2.98. The average Bonchev–Trinajstić information content (AvgIpc) is 2.37. The molecule has 0 radical (unpaired) electrons. The van der Waals surface area contributed by atoms with Crippen LogP contribution in [-0.2, 0) is 0 Å². The Kier molecular flexibility index (Phi) is 4.30. The molecule has 104 valence electrons. The zero-order chi connectivity index (χ0) is 14.7. The van der Waals surface area contributed by atoms with Gasteiger partial charge in [-0.3, -0.25) is 4.79 Å². The quantitative estimate of drug-likeness (QED) is 0.886. The van der Waals surface area contributed by atoms with Crippen LogP contribution in [0.2, 0.25) is 5.02 Å². The highest BCUT2D eigenvalue weighted by Crippen LogP contribution is 2.22. The molecule has 2 rings (SSSR count). The van der Waals surface area contributed by atoms with Crippen molar-refractivity contribution in [1.29, 1.82) is 0 Å². The van der Waals surface area contributed by atoms with Gasteiger partial charge in [0.05, 0.1) is 5.56 Å². The van der Waals surface area contributed by atoms with Gasteiger partial charge in [0.25, 0.3) is 5.91 Å². The van der Waals surface area contributed by atoms with Crippen LogP contribution in [0.4, 0.5) is 11.4 Å². The molecule has 0 saturated carbocycles. The van der Waals surface area contributed by atoms with Crippen LogP contribution in [0.25, 0.3) is 0 Å². The van der Waals surface area contributed by atoms with Crippen molar-refractivity contribution >= 4 is 28.9 Å². The van der Waals surface area contributed by atoms with E-state index < -0.39 is 0 Å². The molecule has 3 nitrogen and oxygen atoms in total. The fraction of sp³-hybridized carbons (Fsp3) is 0.188. The lowest BCUT2D eigenvalue weighted by molar-refractivity contribution is 0.102. The predicted molar refractivity (Wildman–Crippen MR) is 84.9 cm³/mol. The van der Waals surface area contributed by atoms with Gasteiger partial charge in [0.15, 0.2) is 0 Å². The van der Waals surface area contributed by atoms with E-state index in [0.717, 1.165) is 22.5 Å². The molecule has 0 saturated heterocycles. The summed E-state index contributed by atoms with van der Waals surface area (Å²) in [6.07, 6.45) is 0. The van der Waals surface area contributed by atoms with Gasteiger partial charge >= 0.3 is 0 Å². The summed E-state index contributed by atoms with van der Waals surface area (Å²) in [5.41, 5.74) is 4.28. The first-order valence-corrected chi connectivity index (χ1v) is 6.74. The second-order valence-electron chi connectivity index (χ2n) is 4.77. The summed E-state index contributed by atoms with van der Waals surface area (Å²) in [4.78, 5) is 12.4. The highest BCUT2D eigenvalue weighted by molar-refractivity contribution is 6.31. The monoisotopic (exact) mass is 288 g/mol. The summed E-state index contributed by atoms with van der Waals surface area (Å²) >= 11 is 5.96. The van der Waals surface area contributed by atoms with Gasteiger partial charge < -0.3 is 10.6 Å². The maximum Gasteiger partial charge on any atom is 0.257 e. The van der Waals surface area contributed by atoms with Crippen LogP contribution in [0.15, 0.2) is 36.4 Å². The van der Waals surface area contributed by atoms with Gasteiger partial charge in [-0.15, -0.1) is 0 Å². The molecule has 0 aliphatic heterocycles. The molecular weight excluding hydrogens is 272 g/mol. The fourth-order valence-electron chi connectivity index (χ4n) is 2.17. The molecule has 0 spiro atoms. The van der Waals surface area contributed by atoms with Gasteiger partial charge in [-0.1, -0.05) is 17.7 Å². The maximum absolute atomic E-state index is 12.4. The highest BCUT2D eigenvalue weighted by atomic mass is 35.5. The third kappa shape index (κ3) is 3.31. The van der Waals surface area contributed by atoms with E-state index in [1.165, 1.54) is 0 Å². The maximum atomic E-state index is 12.4. The van der Waals surface area contributed by atoms with Crippen LogP contribution in [0.5, 0.6) is 0 Å². The predicted octanol–water partition coefficient (Wildman–Crippen LogP) is 4.25. The lowest BCUT2D eigenvalue weighted by Crippen LogP contribution is -2.14. The van der Waals surface area contributed by atoms with Crippen molar-refractivity contribution in [1.82, 2.24) is 0 Å². The Labute approximate surface area is 124 Å². The van der Waals surface area contributed by atoms with Gasteiger partial charge in [-0.05, 0) is 55.3 Å². The van der Waals surface area contributed by atoms with Crippen molar-refractivity contribution in [2.24, 2.45) is 0 Å². The minimum Gasteiger partial charge on any atom is -0.387 e. The van der Waals surface area contributed by atoms with E-state index >= 15 is 0 Å². The van der Waals surface area contributed by atoms with Gasteiger partial charge in [0, 0.05) is 23.4 Å². The number of anilines is 2. The normalized spacial score (nSPS) is 10.2. The average molecular weight is 289 g/mol. The standard InChI is InChI=1S/C16H17ClN2O/c1-10-6-11(2)8-13(7-10)19-16(20)14-9-12(17)4-5-15(14)18-3/h4-9,18H,1-3H3,(H,19,20). The first kappa shape index (κ1) is 14.4. The highest BCUT2D eigenvalue weighted by Gasteiger charge is 2.12. The summed E-state index contributed by atoms with van der Waals surface area (Å²) < 4.78 is 0. The second-order valence-corrected chi connectivity index (χ2v) is 5.21. The number of halogens is 1. The molecule has 2 aromatic carbocycles. The minimum absolute atomic E-state index is 0.179. The molecule has 0 aliphatic carbocycles. The molecule has 0 unspecified atom stereocenters. The van der Waals surface area contributed by atoms with Crippen molar-refractivity contribution < 1.29 is 4.79 Å². The zero-order valence-corrected chi connectivity index (χ0v) is 12.5. The molecule has 0 atom stereocenters. The number of rotatable bonds is 3. The Hall–Kier alpha value is -2.00. The number of aryl methyl sites for hydroxylation is 2. The largest absolute Gasteiger partial charge is 0.387 e. The number of carbonyl (C=O) groups excluding carboxylic acids is 1. The Morgan fingerprint density at radius 3 is 2.30 bits per heavy atom. The molecule has 2 aromatic rings. The Bertz CT molecular complexity index is 633. The van der Waals surface area contributed by atoms with E-state index in [4.69, 9.17) is 11.6 Å². The molecule has 0 bridgehead atoms. The number of benzene rings is 2. The van der Waals surface area contributed by atoms with Crippen LogP contribution in [-0.4, -0.2) is 13.0 Å². The van der Waals surface area contributed by atoms with Crippen molar-refractivity contribution in [2.45, 2.75) is 13.8 Å². The Morgan fingerprint density at radius 1 is 1.05 bits per heavy atom. The topological polar surface area (TPSA) is 41.1 Å². The summed E-state index contributed by atoms with van der Waals surface area (Å²) in [6, 6.07) is 11.1. The first-order valence-electron chi connectivity index (χ1n) is 6.36. The van der Waals surface area contributed by atoms with Gasteiger partial charge in [0.2, 0.25) is 0 Å². The van der Waals surface area contributed by atoms with E-state index in [0.29, 0.717) is 10.6 Å². The third-order valence-corrected chi connectivity index (χ3v) is 3.21. The first-order chi connectivity index (χ1) is 9.49. The van der Waals surface area contributed by atoms with E-state index in [9.17, 15) is 4.79 Å². The van der Waals surface area contributed by atoms with Crippen LogP contribution < -0.4 is 10.6 Å². The molecule has 20 heavy (non-hydrogen) atoms. The molecule has 0 aromatic heterocycles. The minimum atomic E-state index is -0.179. The zero-order valence-electron chi connectivity index (χ0n) is 11.8. The SMILES string of the molecule is CNc1ccc(Cl)cc1C(=O)Nc1cc(C)cc(C)c1. The molecule has 1 amide bonds. The number of amides is 1. The summed E-state index contributed by atoms with van der Waals surface area (Å²) in [6.45, 7) is 4.00.